The minimum atomic E-state index is -0.613. The predicted octanol–water partition coefficient (Wildman–Crippen LogP) is 4.94. The van der Waals surface area contributed by atoms with Crippen molar-refractivity contribution in [2.75, 3.05) is 4.90 Å². The second-order valence-corrected chi connectivity index (χ2v) is 8.02. The van der Waals surface area contributed by atoms with Crippen LogP contribution in [0.4, 0.5) is 5.69 Å². The van der Waals surface area contributed by atoms with Crippen LogP contribution in [0.25, 0.3) is 17.4 Å². The number of hydrogen-bond donors (Lipinski definition) is 1. The molecule has 4 rings (SSSR count). The smallest absolute Gasteiger partial charge is 0.270 e. The molecule has 0 saturated carbocycles. The minimum absolute atomic E-state index is 0.0252. The number of carbonyl (C=O) groups is 3. The summed E-state index contributed by atoms with van der Waals surface area (Å²) in [6, 6.07) is 15.4. The van der Waals surface area contributed by atoms with Crippen LogP contribution in [0.15, 0.2) is 64.6 Å². The molecule has 1 aromatic heterocycles. The van der Waals surface area contributed by atoms with E-state index in [2.05, 4.69) is 5.32 Å². The average molecular weight is 465 g/mol. The number of nitrogens with one attached hydrogen (secondary N) is 1. The van der Waals surface area contributed by atoms with Gasteiger partial charge in [0.2, 0.25) is 0 Å². The summed E-state index contributed by atoms with van der Waals surface area (Å²) >= 11 is 11.4. The van der Waals surface area contributed by atoms with E-state index in [1.807, 2.05) is 6.92 Å². The van der Waals surface area contributed by atoms with E-state index in [-0.39, 0.29) is 16.5 Å². The molecule has 1 fully saturated rings. The van der Waals surface area contributed by atoms with Crippen molar-refractivity contribution in [2.45, 2.75) is 13.8 Å². The number of rotatable bonds is 4. The summed E-state index contributed by atoms with van der Waals surface area (Å²) in [5, 5.41) is 2.98. The highest BCUT2D eigenvalue weighted by Gasteiger charge is 2.35. The Morgan fingerprint density at radius 2 is 1.81 bits per heavy atom. The molecule has 2 heterocycles. The first-order valence-electron chi connectivity index (χ1n) is 9.63. The molecule has 0 unspecified atom stereocenters. The average Bonchev–Trinajstić information content (AvgIpc) is 3.22. The van der Waals surface area contributed by atoms with E-state index in [1.165, 1.54) is 17.9 Å². The first kappa shape index (κ1) is 21.7. The first-order valence-corrected chi connectivity index (χ1v) is 10.4. The Labute approximate surface area is 194 Å². The summed E-state index contributed by atoms with van der Waals surface area (Å²) in [6.07, 6.45) is 1.37. The number of furan rings is 1. The van der Waals surface area contributed by atoms with Gasteiger partial charge in [-0.15, -0.1) is 0 Å². The van der Waals surface area contributed by atoms with Crippen molar-refractivity contribution in [1.29, 1.82) is 0 Å². The normalized spacial score (nSPS) is 15.3. The van der Waals surface area contributed by atoms with Gasteiger partial charge in [0.05, 0.1) is 5.69 Å². The Balaban J connectivity index is 1.65. The van der Waals surface area contributed by atoms with Gasteiger partial charge in [0.1, 0.15) is 17.1 Å². The highest BCUT2D eigenvalue weighted by Crippen LogP contribution is 2.28. The van der Waals surface area contributed by atoms with Crippen molar-refractivity contribution in [3.63, 3.8) is 0 Å². The molecule has 0 radical (unpaired) electrons. The molecular formula is C24H17ClN2O4S. The number of halogens is 1. The van der Waals surface area contributed by atoms with Crippen molar-refractivity contribution in [2.24, 2.45) is 0 Å². The molecule has 2 aromatic carbocycles. The van der Waals surface area contributed by atoms with Crippen molar-refractivity contribution >= 4 is 58.3 Å². The van der Waals surface area contributed by atoms with E-state index in [0.717, 1.165) is 11.1 Å². The number of aryl methyl sites for hydroxylation is 1. The Morgan fingerprint density at radius 1 is 1.09 bits per heavy atom. The third-order valence-electron chi connectivity index (χ3n) is 5.00. The zero-order chi connectivity index (χ0) is 23.0. The molecule has 1 saturated heterocycles. The maximum absolute atomic E-state index is 13.1. The fraction of sp³-hybridized carbons (Fsp3) is 0.0833. The van der Waals surface area contributed by atoms with Gasteiger partial charge in [-0.1, -0.05) is 41.9 Å². The minimum Gasteiger partial charge on any atom is -0.457 e. The molecule has 160 valence electrons. The zero-order valence-corrected chi connectivity index (χ0v) is 18.7. The summed E-state index contributed by atoms with van der Waals surface area (Å²) in [6.45, 7) is 3.34. The summed E-state index contributed by atoms with van der Waals surface area (Å²) in [5.74, 6) is -0.363. The van der Waals surface area contributed by atoms with E-state index >= 15 is 0 Å². The van der Waals surface area contributed by atoms with E-state index < -0.39 is 11.8 Å². The number of ketones is 1. The van der Waals surface area contributed by atoms with Crippen LogP contribution in [0.2, 0.25) is 5.02 Å². The second-order valence-electron chi connectivity index (χ2n) is 7.23. The van der Waals surface area contributed by atoms with Crippen molar-refractivity contribution < 1.29 is 18.8 Å². The van der Waals surface area contributed by atoms with Gasteiger partial charge < -0.3 is 4.42 Å². The lowest BCUT2D eigenvalue weighted by atomic mass is 10.1. The number of carbonyl (C=O) groups excluding carboxylic acids is 3. The lowest BCUT2D eigenvalue weighted by Gasteiger charge is -2.29. The molecule has 3 aromatic rings. The maximum Gasteiger partial charge on any atom is 0.270 e. The zero-order valence-electron chi connectivity index (χ0n) is 17.1. The van der Waals surface area contributed by atoms with Gasteiger partial charge in [0.15, 0.2) is 10.9 Å². The van der Waals surface area contributed by atoms with Crippen LogP contribution in [0, 0.1) is 6.92 Å². The Kier molecular flexibility index (Phi) is 5.78. The lowest BCUT2D eigenvalue weighted by Crippen LogP contribution is -2.54. The van der Waals surface area contributed by atoms with Crippen LogP contribution in [0.3, 0.4) is 0 Å². The van der Waals surface area contributed by atoms with E-state index in [9.17, 15) is 14.4 Å². The fourth-order valence-corrected chi connectivity index (χ4v) is 3.67. The third-order valence-corrected chi connectivity index (χ3v) is 5.70. The van der Waals surface area contributed by atoms with Gasteiger partial charge in [-0.25, -0.2) is 0 Å². The molecule has 0 spiro atoms. The van der Waals surface area contributed by atoms with Gasteiger partial charge in [0.25, 0.3) is 11.8 Å². The SMILES string of the molecule is CC(=O)c1ccc(-c2ccc(/C=C3\C(=O)NC(=S)N(c4ccc(C)c(Cl)c4)C3=O)o2)cc1. The van der Waals surface area contributed by atoms with Crippen molar-refractivity contribution in [1.82, 2.24) is 5.32 Å². The molecule has 1 aliphatic heterocycles. The van der Waals surface area contributed by atoms with Crippen LogP contribution in [-0.4, -0.2) is 22.7 Å². The molecule has 6 nitrogen and oxygen atoms in total. The molecule has 0 bridgehead atoms. The molecule has 0 aliphatic carbocycles. The molecule has 2 amide bonds. The number of thiocarbonyl (C=S) groups is 1. The largest absolute Gasteiger partial charge is 0.457 e. The monoisotopic (exact) mass is 464 g/mol. The van der Waals surface area contributed by atoms with E-state index in [4.69, 9.17) is 28.2 Å². The molecule has 1 N–H and O–H groups in total. The van der Waals surface area contributed by atoms with Gasteiger partial charge in [-0.2, -0.15) is 0 Å². The quantitative estimate of drug-likeness (QED) is 0.256. The molecule has 0 atom stereocenters. The predicted molar refractivity (Wildman–Crippen MR) is 127 cm³/mol. The number of hydrogen-bond acceptors (Lipinski definition) is 5. The van der Waals surface area contributed by atoms with Crippen LogP contribution in [-0.2, 0) is 9.59 Å². The van der Waals surface area contributed by atoms with Gasteiger partial charge in [-0.3, -0.25) is 24.6 Å². The number of anilines is 1. The molecular weight excluding hydrogens is 448 g/mol. The van der Waals surface area contributed by atoms with Gasteiger partial charge in [0, 0.05) is 16.1 Å². The van der Waals surface area contributed by atoms with Gasteiger partial charge >= 0.3 is 0 Å². The Bertz CT molecular complexity index is 1310. The molecule has 8 heteroatoms. The topological polar surface area (TPSA) is 79.6 Å². The summed E-state index contributed by atoms with van der Waals surface area (Å²) in [4.78, 5) is 38.3. The van der Waals surface area contributed by atoms with Gasteiger partial charge in [-0.05, 0) is 62.0 Å². The standard InChI is InChI=1S/C24H17ClN2O4S/c1-13-3-8-17(11-20(13)25)27-23(30)19(22(29)26-24(27)32)12-18-9-10-21(31-18)16-6-4-15(5-7-16)14(2)28/h3-12H,1-2H3,(H,26,29,32)/b19-12+. The van der Waals surface area contributed by atoms with Crippen LogP contribution < -0.4 is 10.2 Å². The van der Waals surface area contributed by atoms with Crippen molar-refractivity contribution in [3.8, 4) is 11.3 Å². The Hall–Kier alpha value is -3.55. The number of amides is 2. The third kappa shape index (κ3) is 4.12. The Morgan fingerprint density at radius 3 is 2.47 bits per heavy atom. The maximum atomic E-state index is 13.1. The number of Topliss-reactive ketones (excluding diaryl/α,β-unsaturated/α-hetero) is 1. The number of nitrogens with zero attached hydrogens (tertiary/aromatic N) is 1. The highest BCUT2D eigenvalue weighted by atomic mass is 35.5. The fourth-order valence-electron chi connectivity index (χ4n) is 3.21. The first-order chi connectivity index (χ1) is 15.2. The lowest BCUT2D eigenvalue weighted by molar-refractivity contribution is -0.122. The van der Waals surface area contributed by atoms with Crippen LogP contribution in [0.1, 0.15) is 28.6 Å². The van der Waals surface area contributed by atoms with Crippen LogP contribution in [0.5, 0.6) is 0 Å². The molecule has 1 aliphatic rings. The van der Waals surface area contributed by atoms with Crippen molar-refractivity contribution in [3.05, 3.63) is 82.1 Å². The number of benzene rings is 2. The molecule has 32 heavy (non-hydrogen) atoms. The summed E-state index contributed by atoms with van der Waals surface area (Å²) in [7, 11) is 0. The summed E-state index contributed by atoms with van der Waals surface area (Å²) < 4.78 is 5.81. The highest BCUT2D eigenvalue weighted by molar-refractivity contribution is 7.80. The van der Waals surface area contributed by atoms with E-state index in [0.29, 0.717) is 27.8 Å². The second kappa shape index (κ2) is 8.53. The van der Waals surface area contributed by atoms with Crippen LogP contribution >= 0.6 is 23.8 Å². The van der Waals surface area contributed by atoms with E-state index in [1.54, 1.807) is 54.6 Å². The summed E-state index contributed by atoms with van der Waals surface area (Å²) in [5.41, 5.74) is 2.54.